The van der Waals surface area contributed by atoms with Gasteiger partial charge in [-0.3, -0.25) is 14.9 Å². The first-order chi connectivity index (χ1) is 11.8. The highest BCUT2D eigenvalue weighted by Gasteiger charge is 2.29. The van der Waals surface area contributed by atoms with Crippen molar-refractivity contribution in [2.24, 2.45) is 11.7 Å². The normalized spacial score (nSPS) is 20.4. The summed E-state index contributed by atoms with van der Waals surface area (Å²) in [6.07, 6.45) is 1.61. The maximum absolute atomic E-state index is 12.7. The number of primary amides is 1. The highest BCUT2D eigenvalue weighted by Crippen LogP contribution is 2.20. The summed E-state index contributed by atoms with van der Waals surface area (Å²) in [4.78, 5) is 25.9. The van der Waals surface area contributed by atoms with E-state index in [9.17, 15) is 9.59 Å². The van der Waals surface area contributed by atoms with Crippen molar-refractivity contribution in [3.63, 3.8) is 0 Å². The van der Waals surface area contributed by atoms with E-state index < -0.39 is 0 Å². The number of likely N-dealkylation sites (tertiary alicyclic amines) is 1. The van der Waals surface area contributed by atoms with Crippen LogP contribution in [0.3, 0.4) is 0 Å². The second-order valence-electron chi connectivity index (χ2n) is 7.46. The van der Waals surface area contributed by atoms with Crippen LogP contribution in [0.1, 0.15) is 63.6 Å². The predicted molar refractivity (Wildman–Crippen MR) is 100 cm³/mol. The molecule has 1 fully saturated rings. The van der Waals surface area contributed by atoms with E-state index in [0.29, 0.717) is 19.0 Å². The van der Waals surface area contributed by atoms with E-state index in [1.807, 2.05) is 6.92 Å². The standard InChI is InChI=1S/C20H31N3O2/c1-13(2)16-7-9-17(10-8-16)14(3)22-15(4)20(25)23-11-5-6-18(12-23)19(21)24/h7-10,13-15,18,22H,5-6,11-12H2,1-4H3,(H2,21,24). The molecule has 0 radical (unpaired) electrons. The van der Waals surface area contributed by atoms with Crippen LogP contribution in [0.2, 0.25) is 0 Å². The van der Waals surface area contributed by atoms with Crippen LogP contribution in [0, 0.1) is 5.92 Å². The van der Waals surface area contributed by atoms with Crippen molar-refractivity contribution in [2.75, 3.05) is 13.1 Å². The molecule has 1 heterocycles. The third kappa shape index (κ3) is 5.05. The lowest BCUT2D eigenvalue weighted by Gasteiger charge is -2.34. The van der Waals surface area contributed by atoms with Gasteiger partial charge in [0.2, 0.25) is 11.8 Å². The summed E-state index contributed by atoms with van der Waals surface area (Å²) in [6.45, 7) is 9.44. The zero-order valence-electron chi connectivity index (χ0n) is 15.8. The minimum Gasteiger partial charge on any atom is -0.369 e. The Morgan fingerprint density at radius 2 is 1.72 bits per heavy atom. The summed E-state index contributed by atoms with van der Waals surface area (Å²) in [6, 6.07) is 8.31. The molecular weight excluding hydrogens is 314 g/mol. The van der Waals surface area contributed by atoms with Gasteiger partial charge < -0.3 is 10.6 Å². The maximum atomic E-state index is 12.7. The summed E-state index contributed by atoms with van der Waals surface area (Å²) in [5.41, 5.74) is 7.88. The van der Waals surface area contributed by atoms with Crippen molar-refractivity contribution >= 4 is 11.8 Å². The maximum Gasteiger partial charge on any atom is 0.239 e. The second-order valence-corrected chi connectivity index (χ2v) is 7.46. The molecule has 1 saturated heterocycles. The number of amides is 2. The van der Waals surface area contributed by atoms with Gasteiger partial charge >= 0.3 is 0 Å². The Morgan fingerprint density at radius 1 is 1.12 bits per heavy atom. The summed E-state index contributed by atoms with van der Waals surface area (Å²) in [7, 11) is 0. The molecule has 2 rings (SSSR count). The predicted octanol–water partition coefficient (Wildman–Crippen LogP) is 2.57. The molecule has 1 aliphatic rings. The van der Waals surface area contributed by atoms with Crippen LogP contribution in [0.4, 0.5) is 0 Å². The fourth-order valence-corrected chi connectivity index (χ4v) is 3.40. The number of rotatable bonds is 6. The van der Waals surface area contributed by atoms with Gasteiger partial charge in [0.25, 0.3) is 0 Å². The largest absolute Gasteiger partial charge is 0.369 e. The monoisotopic (exact) mass is 345 g/mol. The Labute approximate surface area is 151 Å². The molecule has 0 aliphatic carbocycles. The van der Waals surface area contributed by atoms with E-state index in [-0.39, 0.29) is 29.8 Å². The van der Waals surface area contributed by atoms with Gasteiger partial charge in [-0.15, -0.1) is 0 Å². The van der Waals surface area contributed by atoms with Gasteiger partial charge in [-0.05, 0) is 43.7 Å². The van der Waals surface area contributed by atoms with Crippen molar-refractivity contribution in [2.45, 2.75) is 58.5 Å². The third-order valence-corrected chi connectivity index (χ3v) is 5.11. The lowest BCUT2D eigenvalue weighted by Crippen LogP contribution is -2.50. The number of hydrogen-bond donors (Lipinski definition) is 2. The molecule has 1 aromatic rings. The Hall–Kier alpha value is -1.88. The van der Waals surface area contributed by atoms with Crippen LogP contribution in [0.25, 0.3) is 0 Å². The van der Waals surface area contributed by atoms with E-state index in [1.54, 1.807) is 4.90 Å². The lowest BCUT2D eigenvalue weighted by atomic mass is 9.96. The fourth-order valence-electron chi connectivity index (χ4n) is 3.40. The Balaban J connectivity index is 1.94. The van der Waals surface area contributed by atoms with Crippen LogP contribution < -0.4 is 11.1 Å². The zero-order chi connectivity index (χ0) is 18.6. The Bertz CT molecular complexity index is 597. The van der Waals surface area contributed by atoms with E-state index in [2.05, 4.69) is 50.4 Å². The second kappa shape index (κ2) is 8.48. The first-order valence-corrected chi connectivity index (χ1v) is 9.23. The van der Waals surface area contributed by atoms with Gasteiger partial charge in [0.05, 0.1) is 12.0 Å². The van der Waals surface area contributed by atoms with Crippen LogP contribution in [-0.4, -0.2) is 35.8 Å². The average molecular weight is 345 g/mol. The Morgan fingerprint density at radius 3 is 2.28 bits per heavy atom. The van der Waals surface area contributed by atoms with Crippen LogP contribution >= 0.6 is 0 Å². The van der Waals surface area contributed by atoms with Crippen LogP contribution in [0.15, 0.2) is 24.3 Å². The quantitative estimate of drug-likeness (QED) is 0.832. The number of piperidine rings is 1. The minimum atomic E-state index is -0.309. The molecule has 5 heteroatoms. The molecule has 25 heavy (non-hydrogen) atoms. The van der Waals surface area contributed by atoms with Crippen molar-refractivity contribution in [1.29, 1.82) is 0 Å². The highest BCUT2D eigenvalue weighted by atomic mass is 16.2. The van der Waals surface area contributed by atoms with Gasteiger partial charge in [0, 0.05) is 19.1 Å². The number of carbonyl (C=O) groups is 2. The molecule has 5 nitrogen and oxygen atoms in total. The van der Waals surface area contributed by atoms with Crippen molar-refractivity contribution in [3.05, 3.63) is 35.4 Å². The van der Waals surface area contributed by atoms with Crippen molar-refractivity contribution in [1.82, 2.24) is 10.2 Å². The highest BCUT2D eigenvalue weighted by molar-refractivity contribution is 5.83. The van der Waals surface area contributed by atoms with Gasteiger partial charge in [-0.2, -0.15) is 0 Å². The summed E-state index contributed by atoms with van der Waals surface area (Å²) in [5, 5.41) is 3.38. The van der Waals surface area contributed by atoms with Crippen molar-refractivity contribution < 1.29 is 9.59 Å². The molecule has 0 bridgehead atoms. The third-order valence-electron chi connectivity index (χ3n) is 5.11. The number of nitrogens with two attached hydrogens (primary N) is 1. The molecule has 3 unspecified atom stereocenters. The number of benzene rings is 1. The number of hydrogen-bond acceptors (Lipinski definition) is 3. The molecule has 1 aromatic carbocycles. The molecule has 2 amide bonds. The van der Waals surface area contributed by atoms with E-state index in [4.69, 9.17) is 5.73 Å². The molecular formula is C20H31N3O2. The Kier molecular flexibility index (Phi) is 6.59. The zero-order valence-corrected chi connectivity index (χ0v) is 15.8. The van der Waals surface area contributed by atoms with Gasteiger partial charge in [0.15, 0.2) is 0 Å². The summed E-state index contributed by atoms with van der Waals surface area (Å²) >= 11 is 0. The van der Waals surface area contributed by atoms with Gasteiger partial charge in [-0.1, -0.05) is 38.1 Å². The van der Waals surface area contributed by atoms with E-state index in [1.165, 1.54) is 5.56 Å². The summed E-state index contributed by atoms with van der Waals surface area (Å²) < 4.78 is 0. The molecule has 138 valence electrons. The van der Waals surface area contributed by atoms with Crippen molar-refractivity contribution in [3.8, 4) is 0 Å². The SMILES string of the molecule is CC(NC(C)c1ccc(C(C)C)cc1)C(=O)N1CCCC(C(N)=O)C1. The van der Waals surface area contributed by atoms with E-state index in [0.717, 1.165) is 18.4 Å². The minimum absolute atomic E-state index is 0.0385. The molecule has 1 aliphatic heterocycles. The smallest absolute Gasteiger partial charge is 0.239 e. The molecule has 0 saturated carbocycles. The first kappa shape index (κ1) is 19.4. The molecule has 0 aromatic heterocycles. The van der Waals surface area contributed by atoms with Gasteiger partial charge in [-0.25, -0.2) is 0 Å². The van der Waals surface area contributed by atoms with E-state index >= 15 is 0 Å². The average Bonchev–Trinajstić information content (AvgIpc) is 2.61. The van der Waals surface area contributed by atoms with Crippen LogP contribution in [0.5, 0.6) is 0 Å². The molecule has 3 N–H and O–H groups in total. The topological polar surface area (TPSA) is 75.4 Å². The summed E-state index contributed by atoms with van der Waals surface area (Å²) in [5.74, 6) is 0.0225. The van der Waals surface area contributed by atoms with Gasteiger partial charge in [0.1, 0.15) is 0 Å². The fraction of sp³-hybridized carbons (Fsp3) is 0.600. The molecule has 0 spiro atoms. The lowest BCUT2D eigenvalue weighted by molar-refractivity contribution is -0.136. The van der Waals surface area contributed by atoms with Crippen LogP contribution in [-0.2, 0) is 9.59 Å². The molecule has 3 atom stereocenters. The number of nitrogens with one attached hydrogen (secondary N) is 1. The number of carbonyl (C=O) groups excluding carboxylic acids is 2. The number of nitrogens with zero attached hydrogens (tertiary/aromatic N) is 1. The first-order valence-electron chi connectivity index (χ1n) is 9.23.